The average Bonchev–Trinajstić information content (AvgIpc) is 2.96. The van der Waals surface area contributed by atoms with Crippen LogP contribution in [-0.2, 0) is 17.9 Å². The van der Waals surface area contributed by atoms with Gasteiger partial charge in [0.1, 0.15) is 12.4 Å². The van der Waals surface area contributed by atoms with Crippen molar-refractivity contribution in [2.24, 2.45) is 11.8 Å². The van der Waals surface area contributed by atoms with Crippen molar-refractivity contribution >= 4 is 17.6 Å². The first-order valence-corrected chi connectivity index (χ1v) is 8.66. The monoisotopic (exact) mass is 360 g/mol. The number of aromatic nitrogens is 1. The van der Waals surface area contributed by atoms with E-state index in [1.807, 2.05) is 31.2 Å². The number of carboxylic acids is 1. The molecular weight excluding hydrogens is 340 g/mol. The number of aliphatic carboxylic acids is 1. The summed E-state index contributed by atoms with van der Waals surface area (Å²) in [6.45, 7) is 4.33. The Labute approximate surface area is 152 Å². The molecule has 0 bridgehead atoms. The van der Waals surface area contributed by atoms with Crippen molar-refractivity contribution in [3.8, 4) is 5.75 Å². The van der Waals surface area contributed by atoms with Crippen molar-refractivity contribution in [3.05, 3.63) is 58.9 Å². The van der Waals surface area contributed by atoms with Crippen LogP contribution in [0, 0.1) is 11.8 Å². The van der Waals surface area contributed by atoms with Crippen LogP contribution in [0.15, 0.2) is 42.7 Å². The Hall–Kier alpha value is -2.11. The quantitative estimate of drug-likeness (QED) is 0.854. The fourth-order valence-corrected chi connectivity index (χ4v) is 3.41. The third-order valence-corrected chi connectivity index (χ3v) is 4.77. The highest BCUT2D eigenvalue weighted by atomic mass is 35.5. The van der Waals surface area contributed by atoms with Crippen LogP contribution in [0.1, 0.15) is 18.1 Å². The Morgan fingerprint density at radius 1 is 1.40 bits per heavy atom. The van der Waals surface area contributed by atoms with Crippen molar-refractivity contribution in [1.29, 1.82) is 0 Å². The van der Waals surface area contributed by atoms with Crippen LogP contribution in [0.5, 0.6) is 5.75 Å². The van der Waals surface area contributed by atoms with E-state index >= 15 is 0 Å². The standard InChI is InChI=1S/C19H21ClN2O3/c1-13-9-22(11-17(13)19(23)24)10-15-7-16(20)4-5-18(15)25-12-14-3-2-6-21-8-14/h2-8,13,17H,9-12H2,1H3,(H,23,24)/t13-,17-/m1/s1. The largest absolute Gasteiger partial charge is 0.489 e. The molecule has 1 aliphatic heterocycles. The molecule has 0 unspecified atom stereocenters. The summed E-state index contributed by atoms with van der Waals surface area (Å²) in [6.07, 6.45) is 3.50. The molecule has 0 spiro atoms. The Morgan fingerprint density at radius 3 is 2.92 bits per heavy atom. The minimum atomic E-state index is -0.728. The maximum Gasteiger partial charge on any atom is 0.308 e. The number of hydrogen-bond acceptors (Lipinski definition) is 4. The van der Waals surface area contributed by atoms with Gasteiger partial charge >= 0.3 is 5.97 Å². The maximum atomic E-state index is 11.3. The van der Waals surface area contributed by atoms with Crippen molar-refractivity contribution in [2.45, 2.75) is 20.1 Å². The van der Waals surface area contributed by atoms with E-state index in [-0.39, 0.29) is 11.8 Å². The number of hydrogen-bond donors (Lipinski definition) is 1. The lowest BCUT2D eigenvalue weighted by Gasteiger charge is -2.18. The number of carboxylic acid groups (broad SMARTS) is 1. The van der Waals surface area contributed by atoms with E-state index in [1.165, 1.54) is 0 Å². The topological polar surface area (TPSA) is 62.7 Å². The molecule has 1 aliphatic rings. The molecule has 25 heavy (non-hydrogen) atoms. The predicted molar refractivity (Wildman–Crippen MR) is 95.6 cm³/mol. The van der Waals surface area contributed by atoms with Gasteiger partial charge in [0.05, 0.1) is 5.92 Å². The van der Waals surface area contributed by atoms with E-state index in [9.17, 15) is 9.90 Å². The minimum absolute atomic E-state index is 0.136. The number of carbonyl (C=O) groups is 1. The number of likely N-dealkylation sites (tertiary alicyclic amines) is 1. The van der Waals surface area contributed by atoms with Gasteiger partial charge in [-0.2, -0.15) is 0 Å². The highest BCUT2D eigenvalue weighted by molar-refractivity contribution is 6.30. The lowest BCUT2D eigenvalue weighted by molar-refractivity contribution is -0.142. The summed E-state index contributed by atoms with van der Waals surface area (Å²) in [5, 5.41) is 9.94. The Balaban J connectivity index is 1.70. The molecule has 2 heterocycles. The zero-order valence-corrected chi connectivity index (χ0v) is 14.8. The molecule has 132 valence electrons. The minimum Gasteiger partial charge on any atom is -0.489 e. The Kier molecular flexibility index (Phi) is 5.56. The second-order valence-electron chi connectivity index (χ2n) is 6.52. The molecule has 1 saturated heterocycles. The number of rotatable bonds is 6. The van der Waals surface area contributed by atoms with Gasteiger partial charge in [-0.25, -0.2) is 0 Å². The van der Waals surface area contributed by atoms with Crippen LogP contribution in [0.2, 0.25) is 5.02 Å². The molecule has 2 atom stereocenters. The van der Waals surface area contributed by atoms with E-state index in [4.69, 9.17) is 16.3 Å². The second kappa shape index (κ2) is 7.85. The SMILES string of the molecule is C[C@@H]1CN(Cc2cc(Cl)ccc2OCc2cccnc2)C[C@H]1C(=O)O. The Bertz CT molecular complexity index is 739. The van der Waals surface area contributed by atoms with E-state index in [2.05, 4.69) is 9.88 Å². The Morgan fingerprint density at radius 2 is 2.24 bits per heavy atom. The second-order valence-corrected chi connectivity index (χ2v) is 6.95. The van der Waals surface area contributed by atoms with E-state index in [1.54, 1.807) is 18.5 Å². The molecule has 1 aromatic heterocycles. The molecule has 6 heteroatoms. The van der Waals surface area contributed by atoms with E-state index < -0.39 is 5.97 Å². The molecule has 1 aromatic carbocycles. The third-order valence-electron chi connectivity index (χ3n) is 4.54. The first-order valence-electron chi connectivity index (χ1n) is 8.28. The van der Waals surface area contributed by atoms with Crippen LogP contribution in [-0.4, -0.2) is 34.0 Å². The van der Waals surface area contributed by atoms with Crippen LogP contribution >= 0.6 is 11.6 Å². The lowest BCUT2D eigenvalue weighted by atomic mass is 9.99. The van der Waals surface area contributed by atoms with Gasteiger partial charge in [-0.05, 0) is 30.2 Å². The molecule has 2 aromatic rings. The summed E-state index contributed by atoms with van der Waals surface area (Å²) in [7, 11) is 0. The van der Waals surface area contributed by atoms with Crippen LogP contribution < -0.4 is 4.74 Å². The number of benzene rings is 1. The van der Waals surface area contributed by atoms with E-state index in [0.717, 1.165) is 23.4 Å². The van der Waals surface area contributed by atoms with Crippen molar-refractivity contribution in [1.82, 2.24) is 9.88 Å². The summed E-state index contributed by atoms with van der Waals surface area (Å²) in [5.74, 6) is -0.149. The van der Waals surface area contributed by atoms with Crippen LogP contribution in [0.3, 0.4) is 0 Å². The lowest BCUT2D eigenvalue weighted by Crippen LogP contribution is -2.23. The average molecular weight is 361 g/mol. The molecule has 3 rings (SSSR count). The fraction of sp³-hybridized carbons (Fsp3) is 0.368. The van der Waals surface area contributed by atoms with Crippen molar-refractivity contribution in [2.75, 3.05) is 13.1 Å². The number of halogens is 1. The van der Waals surface area contributed by atoms with Crippen LogP contribution in [0.4, 0.5) is 0 Å². The molecule has 5 nitrogen and oxygen atoms in total. The summed E-state index contributed by atoms with van der Waals surface area (Å²) in [5.41, 5.74) is 1.96. The summed E-state index contributed by atoms with van der Waals surface area (Å²) in [4.78, 5) is 17.5. The predicted octanol–water partition coefficient (Wildman–Crippen LogP) is 3.47. The van der Waals surface area contributed by atoms with Gasteiger partial charge in [-0.15, -0.1) is 0 Å². The van der Waals surface area contributed by atoms with Gasteiger partial charge in [0.2, 0.25) is 0 Å². The first kappa shape index (κ1) is 17.7. The zero-order chi connectivity index (χ0) is 17.8. The molecule has 1 N–H and O–H groups in total. The van der Waals surface area contributed by atoms with Gasteiger partial charge < -0.3 is 9.84 Å². The zero-order valence-electron chi connectivity index (χ0n) is 14.1. The molecule has 0 radical (unpaired) electrons. The highest BCUT2D eigenvalue weighted by Gasteiger charge is 2.34. The number of nitrogens with zero attached hydrogens (tertiary/aromatic N) is 2. The first-order chi connectivity index (χ1) is 12.0. The molecule has 0 saturated carbocycles. The fourth-order valence-electron chi connectivity index (χ4n) is 3.22. The molecule has 1 fully saturated rings. The highest BCUT2D eigenvalue weighted by Crippen LogP contribution is 2.29. The maximum absolute atomic E-state index is 11.3. The van der Waals surface area contributed by atoms with Gasteiger partial charge in [0.15, 0.2) is 0 Å². The number of pyridine rings is 1. The van der Waals surface area contributed by atoms with Gasteiger partial charge in [0, 0.05) is 48.2 Å². The van der Waals surface area contributed by atoms with Crippen LogP contribution in [0.25, 0.3) is 0 Å². The van der Waals surface area contributed by atoms with Gasteiger partial charge in [-0.3, -0.25) is 14.7 Å². The smallest absolute Gasteiger partial charge is 0.308 e. The summed E-state index contributed by atoms with van der Waals surface area (Å²) < 4.78 is 5.95. The normalized spacial score (nSPS) is 20.6. The third kappa shape index (κ3) is 4.50. The summed E-state index contributed by atoms with van der Waals surface area (Å²) >= 11 is 6.15. The van der Waals surface area contributed by atoms with Crippen molar-refractivity contribution < 1.29 is 14.6 Å². The molecule has 0 aliphatic carbocycles. The molecular formula is C19H21ClN2O3. The van der Waals surface area contributed by atoms with Gasteiger partial charge in [0.25, 0.3) is 0 Å². The summed E-state index contributed by atoms with van der Waals surface area (Å²) in [6, 6.07) is 9.39. The van der Waals surface area contributed by atoms with Crippen molar-refractivity contribution in [3.63, 3.8) is 0 Å². The van der Waals surface area contributed by atoms with E-state index in [0.29, 0.717) is 24.7 Å². The number of ether oxygens (including phenoxy) is 1. The molecule has 0 amide bonds. The van der Waals surface area contributed by atoms with Gasteiger partial charge in [-0.1, -0.05) is 24.6 Å².